The van der Waals surface area contributed by atoms with Gasteiger partial charge in [0.2, 0.25) is 5.91 Å². The number of rotatable bonds is 3. The molecule has 0 saturated carbocycles. The number of aromatic nitrogens is 1. The Kier molecular flexibility index (Phi) is 4.73. The Morgan fingerprint density at radius 2 is 1.83 bits per heavy atom. The summed E-state index contributed by atoms with van der Waals surface area (Å²) in [5.74, 6) is -0.248. The summed E-state index contributed by atoms with van der Waals surface area (Å²) in [4.78, 5) is 42.0. The lowest BCUT2D eigenvalue weighted by Gasteiger charge is -2.29. The average Bonchev–Trinajstić information content (AvgIpc) is 2.93. The lowest BCUT2D eigenvalue weighted by molar-refractivity contribution is -0.133. The van der Waals surface area contributed by atoms with Crippen LogP contribution in [0.3, 0.4) is 0 Å². The fourth-order valence-corrected chi connectivity index (χ4v) is 3.72. The van der Waals surface area contributed by atoms with E-state index in [1.807, 2.05) is 4.90 Å². The van der Waals surface area contributed by atoms with Crippen LogP contribution in [-0.4, -0.2) is 46.6 Å². The Hall–Kier alpha value is -2.11. The van der Waals surface area contributed by atoms with E-state index in [2.05, 4.69) is 10.3 Å². The molecule has 6 heteroatoms. The van der Waals surface area contributed by atoms with Gasteiger partial charge >= 0.3 is 0 Å². The van der Waals surface area contributed by atoms with Gasteiger partial charge in [-0.25, -0.2) is 0 Å². The number of Topliss-reactive ketones (excluding diaryl/α,β-unsaturated/α-hetero) is 1. The van der Waals surface area contributed by atoms with E-state index in [1.54, 1.807) is 13.8 Å². The Morgan fingerprint density at radius 1 is 1.12 bits per heavy atom. The molecular weight excluding hydrogens is 306 g/mol. The van der Waals surface area contributed by atoms with E-state index in [4.69, 9.17) is 0 Å². The molecule has 1 aliphatic carbocycles. The zero-order chi connectivity index (χ0) is 17.3. The second-order valence-electron chi connectivity index (χ2n) is 6.84. The number of nitrogens with one attached hydrogen (secondary N) is 2. The van der Waals surface area contributed by atoms with Gasteiger partial charge in [0, 0.05) is 30.8 Å². The molecule has 1 aromatic rings. The lowest BCUT2D eigenvalue weighted by atomic mass is 9.94. The van der Waals surface area contributed by atoms with Crippen molar-refractivity contribution in [3.63, 3.8) is 0 Å². The maximum Gasteiger partial charge on any atom is 0.268 e. The van der Waals surface area contributed by atoms with Gasteiger partial charge in [-0.2, -0.15) is 0 Å². The highest BCUT2D eigenvalue weighted by molar-refractivity contribution is 6.05. The lowest BCUT2D eigenvalue weighted by Crippen LogP contribution is -2.48. The number of nitrogens with zero attached hydrogens (tertiary/aromatic N) is 1. The van der Waals surface area contributed by atoms with Crippen LogP contribution < -0.4 is 5.32 Å². The third-order valence-electron chi connectivity index (χ3n) is 5.05. The molecule has 2 amide bonds. The van der Waals surface area contributed by atoms with Crippen molar-refractivity contribution in [1.82, 2.24) is 15.2 Å². The average molecular weight is 331 g/mol. The molecule has 0 bridgehead atoms. The van der Waals surface area contributed by atoms with Gasteiger partial charge in [-0.1, -0.05) is 0 Å². The molecule has 1 fully saturated rings. The topological polar surface area (TPSA) is 82.3 Å². The van der Waals surface area contributed by atoms with Crippen molar-refractivity contribution in [2.75, 3.05) is 13.1 Å². The molecule has 1 aliphatic heterocycles. The molecule has 2 N–H and O–H groups in total. The Bertz CT molecular complexity index is 671. The van der Waals surface area contributed by atoms with Crippen molar-refractivity contribution < 1.29 is 14.4 Å². The first-order chi connectivity index (χ1) is 11.5. The fourth-order valence-electron chi connectivity index (χ4n) is 3.72. The quantitative estimate of drug-likeness (QED) is 0.888. The van der Waals surface area contributed by atoms with Gasteiger partial charge in [-0.15, -0.1) is 0 Å². The minimum absolute atomic E-state index is 0.0342. The van der Waals surface area contributed by atoms with E-state index < -0.39 is 6.04 Å². The molecule has 1 atom stereocenters. The van der Waals surface area contributed by atoms with Gasteiger partial charge in [-0.3, -0.25) is 14.4 Å². The van der Waals surface area contributed by atoms with Crippen molar-refractivity contribution in [1.29, 1.82) is 0 Å². The van der Waals surface area contributed by atoms with E-state index in [1.165, 1.54) is 0 Å². The van der Waals surface area contributed by atoms with Crippen molar-refractivity contribution in [3.8, 4) is 0 Å². The van der Waals surface area contributed by atoms with Gasteiger partial charge in [0.15, 0.2) is 5.78 Å². The number of aromatic amines is 1. The zero-order valence-corrected chi connectivity index (χ0v) is 14.4. The Morgan fingerprint density at radius 3 is 2.50 bits per heavy atom. The number of fused-ring (bicyclic) bond motifs is 1. The number of ketones is 1. The highest BCUT2D eigenvalue weighted by Gasteiger charge is 2.28. The number of hydrogen-bond donors (Lipinski definition) is 2. The number of carbonyl (C=O) groups is 3. The second-order valence-corrected chi connectivity index (χ2v) is 6.84. The summed E-state index contributed by atoms with van der Waals surface area (Å²) in [5, 5.41) is 2.79. The van der Waals surface area contributed by atoms with Crippen LogP contribution >= 0.6 is 0 Å². The van der Waals surface area contributed by atoms with E-state index in [0.29, 0.717) is 23.2 Å². The summed E-state index contributed by atoms with van der Waals surface area (Å²) in [7, 11) is 0. The zero-order valence-electron chi connectivity index (χ0n) is 14.4. The van der Waals surface area contributed by atoms with Crippen LogP contribution in [-0.2, 0) is 11.2 Å². The van der Waals surface area contributed by atoms with Crippen LogP contribution in [0.5, 0.6) is 0 Å². The molecule has 0 aromatic carbocycles. The minimum atomic E-state index is -0.564. The number of aryl methyl sites for hydroxylation is 1. The third-order valence-corrected chi connectivity index (χ3v) is 5.05. The first kappa shape index (κ1) is 16.7. The second kappa shape index (κ2) is 6.79. The van der Waals surface area contributed by atoms with E-state index in [9.17, 15) is 14.4 Å². The van der Waals surface area contributed by atoms with Gasteiger partial charge in [0.25, 0.3) is 5.91 Å². The smallest absolute Gasteiger partial charge is 0.268 e. The highest BCUT2D eigenvalue weighted by Crippen LogP contribution is 2.26. The fraction of sp³-hybridized carbons (Fsp3) is 0.611. The van der Waals surface area contributed by atoms with Gasteiger partial charge in [0.05, 0.1) is 0 Å². The number of hydrogen-bond acceptors (Lipinski definition) is 3. The Labute approximate surface area is 142 Å². The number of carbonyl (C=O) groups excluding carboxylic acids is 3. The molecule has 0 radical (unpaired) electrons. The molecule has 24 heavy (non-hydrogen) atoms. The summed E-state index contributed by atoms with van der Waals surface area (Å²) >= 11 is 0. The minimum Gasteiger partial charge on any atom is -0.354 e. The van der Waals surface area contributed by atoms with Gasteiger partial charge in [-0.05, 0) is 51.5 Å². The molecule has 3 rings (SSSR count). The van der Waals surface area contributed by atoms with Crippen LogP contribution in [0.4, 0.5) is 0 Å². The van der Waals surface area contributed by atoms with Crippen LogP contribution in [0.25, 0.3) is 0 Å². The van der Waals surface area contributed by atoms with E-state index in [-0.39, 0.29) is 17.6 Å². The number of piperidine rings is 1. The predicted molar refractivity (Wildman–Crippen MR) is 90.2 cm³/mol. The van der Waals surface area contributed by atoms with Crippen LogP contribution in [0, 0.1) is 6.92 Å². The molecule has 0 spiro atoms. The largest absolute Gasteiger partial charge is 0.354 e. The molecule has 1 aromatic heterocycles. The van der Waals surface area contributed by atoms with Crippen LogP contribution in [0.2, 0.25) is 0 Å². The third kappa shape index (κ3) is 3.09. The van der Waals surface area contributed by atoms with E-state index in [0.717, 1.165) is 50.9 Å². The van der Waals surface area contributed by atoms with Crippen LogP contribution in [0.15, 0.2) is 0 Å². The summed E-state index contributed by atoms with van der Waals surface area (Å²) in [6.45, 7) is 5.05. The van der Waals surface area contributed by atoms with Gasteiger partial charge < -0.3 is 15.2 Å². The summed E-state index contributed by atoms with van der Waals surface area (Å²) in [5.41, 5.74) is 2.63. The molecule has 130 valence electrons. The maximum atomic E-state index is 12.6. The number of amides is 2. The van der Waals surface area contributed by atoms with Crippen molar-refractivity contribution in [2.45, 2.75) is 58.4 Å². The molecule has 1 unspecified atom stereocenters. The normalized spacial score (nSPS) is 18.9. The molecule has 1 saturated heterocycles. The first-order valence-corrected chi connectivity index (χ1v) is 8.83. The predicted octanol–water partition coefficient (Wildman–Crippen LogP) is 1.97. The number of H-pyrrole nitrogens is 1. The monoisotopic (exact) mass is 331 g/mol. The van der Waals surface area contributed by atoms with E-state index >= 15 is 0 Å². The molecule has 2 heterocycles. The van der Waals surface area contributed by atoms with Gasteiger partial charge in [0.1, 0.15) is 11.7 Å². The van der Waals surface area contributed by atoms with Crippen LogP contribution in [0.1, 0.15) is 71.1 Å². The summed E-state index contributed by atoms with van der Waals surface area (Å²) in [6.07, 6.45) is 5.35. The Balaban J connectivity index is 1.71. The summed E-state index contributed by atoms with van der Waals surface area (Å²) in [6, 6.07) is -0.564. The van der Waals surface area contributed by atoms with Crippen molar-refractivity contribution in [3.05, 3.63) is 22.5 Å². The maximum absolute atomic E-state index is 12.6. The number of likely N-dealkylation sites (tertiary alicyclic amines) is 1. The van der Waals surface area contributed by atoms with Crippen molar-refractivity contribution >= 4 is 17.6 Å². The standard InChI is InChI=1S/C18H25N3O3/c1-11-15-13(7-6-8-14(15)22)20-16(11)17(23)19-12(2)18(24)21-9-4-3-5-10-21/h12,20H,3-10H2,1-2H3,(H,19,23). The highest BCUT2D eigenvalue weighted by atomic mass is 16.2. The van der Waals surface area contributed by atoms with Crippen molar-refractivity contribution in [2.24, 2.45) is 0 Å². The molecule has 6 nitrogen and oxygen atoms in total. The summed E-state index contributed by atoms with van der Waals surface area (Å²) < 4.78 is 0. The first-order valence-electron chi connectivity index (χ1n) is 8.83. The molecule has 2 aliphatic rings. The SMILES string of the molecule is Cc1c(C(=O)NC(C)C(=O)N2CCCCC2)[nH]c2c1C(=O)CCC2. The molecular formula is C18H25N3O3.